The molecule has 2 unspecified atom stereocenters. The summed E-state index contributed by atoms with van der Waals surface area (Å²) in [6.07, 6.45) is 7.06. The lowest BCUT2D eigenvalue weighted by Gasteiger charge is -2.47. The SMILES string of the molecule is CC1CCC(C#N)(C2(O)CCN3CCCC32)CC1. The molecule has 0 aromatic heterocycles. The summed E-state index contributed by atoms with van der Waals surface area (Å²) < 4.78 is 0. The summed E-state index contributed by atoms with van der Waals surface area (Å²) in [7, 11) is 0. The van der Waals surface area contributed by atoms with Gasteiger partial charge in [0.1, 0.15) is 0 Å². The first-order valence-electron chi connectivity index (χ1n) is 7.49. The van der Waals surface area contributed by atoms with Crippen LogP contribution in [0.15, 0.2) is 0 Å². The number of hydrogen-bond acceptors (Lipinski definition) is 3. The van der Waals surface area contributed by atoms with Crippen molar-refractivity contribution in [3.63, 3.8) is 0 Å². The lowest BCUT2D eigenvalue weighted by molar-refractivity contribution is -0.0930. The highest BCUT2D eigenvalue weighted by atomic mass is 16.3. The van der Waals surface area contributed by atoms with E-state index < -0.39 is 11.0 Å². The standard InChI is InChI=1S/C15H24N2O/c1-12-4-6-14(11-16,7-5-12)15(18)8-10-17-9-2-3-13(15)17/h12-13,18H,2-10H2,1H3. The molecule has 0 amide bonds. The minimum Gasteiger partial charge on any atom is -0.387 e. The molecule has 2 aliphatic heterocycles. The van der Waals surface area contributed by atoms with Gasteiger partial charge in [-0.25, -0.2) is 0 Å². The molecular formula is C15H24N2O. The van der Waals surface area contributed by atoms with E-state index in [-0.39, 0.29) is 6.04 Å². The van der Waals surface area contributed by atoms with Gasteiger partial charge in [-0.05, 0) is 57.4 Å². The van der Waals surface area contributed by atoms with Crippen molar-refractivity contribution in [3.05, 3.63) is 0 Å². The Morgan fingerprint density at radius 1 is 1.17 bits per heavy atom. The lowest BCUT2D eigenvalue weighted by atomic mass is 9.59. The predicted molar refractivity (Wildman–Crippen MR) is 69.8 cm³/mol. The van der Waals surface area contributed by atoms with Crippen LogP contribution in [0.2, 0.25) is 0 Å². The minimum atomic E-state index is -0.738. The maximum Gasteiger partial charge on any atom is 0.0999 e. The third kappa shape index (κ3) is 1.55. The van der Waals surface area contributed by atoms with E-state index in [1.54, 1.807) is 0 Å². The number of nitrogens with zero attached hydrogens (tertiary/aromatic N) is 2. The monoisotopic (exact) mass is 248 g/mol. The second kappa shape index (κ2) is 4.21. The zero-order valence-electron chi connectivity index (χ0n) is 11.4. The van der Waals surface area contributed by atoms with Crippen molar-refractivity contribution in [1.29, 1.82) is 5.26 Å². The van der Waals surface area contributed by atoms with Crippen LogP contribution in [0.3, 0.4) is 0 Å². The lowest BCUT2D eigenvalue weighted by Crippen LogP contribution is -2.55. The molecule has 3 nitrogen and oxygen atoms in total. The highest BCUT2D eigenvalue weighted by molar-refractivity contribution is 5.20. The Hall–Kier alpha value is -0.590. The van der Waals surface area contributed by atoms with Gasteiger partial charge in [-0.3, -0.25) is 4.90 Å². The van der Waals surface area contributed by atoms with Crippen molar-refractivity contribution in [2.45, 2.75) is 63.5 Å². The van der Waals surface area contributed by atoms with Crippen LogP contribution in [0.1, 0.15) is 51.9 Å². The van der Waals surface area contributed by atoms with Crippen LogP contribution in [-0.4, -0.2) is 34.7 Å². The van der Waals surface area contributed by atoms with E-state index in [4.69, 9.17) is 0 Å². The van der Waals surface area contributed by atoms with Gasteiger partial charge in [-0.15, -0.1) is 0 Å². The molecule has 1 saturated carbocycles. The molecule has 0 aromatic rings. The van der Waals surface area contributed by atoms with Gasteiger partial charge in [0, 0.05) is 12.6 Å². The van der Waals surface area contributed by atoms with Crippen molar-refractivity contribution < 1.29 is 5.11 Å². The molecule has 3 aliphatic rings. The van der Waals surface area contributed by atoms with Crippen LogP contribution in [0.4, 0.5) is 0 Å². The molecule has 0 radical (unpaired) electrons. The fourth-order valence-corrected chi connectivity index (χ4v) is 4.57. The molecule has 2 heterocycles. The van der Waals surface area contributed by atoms with Gasteiger partial charge in [0.15, 0.2) is 0 Å². The number of fused-ring (bicyclic) bond motifs is 1. The second-order valence-electron chi connectivity index (χ2n) is 6.74. The smallest absolute Gasteiger partial charge is 0.0999 e. The van der Waals surface area contributed by atoms with Crippen molar-refractivity contribution >= 4 is 0 Å². The highest BCUT2D eigenvalue weighted by Crippen LogP contribution is 2.53. The first-order valence-corrected chi connectivity index (χ1v) is 7.49. The first-order chi connectivity index (χ1) is 8.61. The van der Waals surface area contributed by atoms with Crippen molar-refractivity contribution in [2.24, 2.45) is 11.3 Å². The number of nitriles is 1. The number of hydrogen-bond donors (Lipinski definition) is 1. The third-order valence-corrected chi connectivity index (χ3v) is 5.87. The van der Waals surface area contributed by atoms with Crippen molar-refractivity contribution in [2.75, 3.05) is 13.1 Å². The number of rotatable bonds is 1. The van der Waals surface area contributed by atoms with Gasteiger partial charge >= 0.3 is 0 Å². The molecule has 0 bridgehead atoms. The van der Waals surface area contributed by atoms with Gasteiger partial charge < -0.3 is 5.11 Å². The van der Waals surface area contributed by atoms with Crippen LogP contribution in [-0.2, 0) is 0 Å². The fraction of sp³-hybridized carbons (Fsp3) is 0.933. The van der Waals surface area contributed by atoms with Crippen LogP contribution in [0, 0.1) is 22.7 Å². The Kier molecular flexibility index (Phi) is 2.91. The van der Waals surface area contributed by atoms with Gasteiger partial charge in [0.2, 0.25) is 0 Å². The average Bonchev–Trinajstić information content (AvgIpc) is 2.96. The Bertz CT molecular complexity index is 367. The molecular weight excluding hydrogens is 224 g/mol. The Labute approximate surface area is 110 Å². The van der Waals surface area contributed by atoms with E-state index in [0.717, 1.165) is 57.5 Å². The summed E-state index contributed by atoms with van der Waals surface area (Å²) in [6, 6.07) is 2.81. The molecule has 2 saturated heterocycles. The molecule has 1 aliphatic carbocycles. The molecule has 1 N–H and O–H groups in total. The van der Waals surface area contributed by atoms with Gasteiger partial charge in [-0.1, -0.05) is 6.92 Å². The first kappa shape index (κ1) is 12.4. The summed E-state index contributed by atoms with van der Waals surface area (Å²) in [5, 5.41) is 21.0. The quantitative estimate of drug-likeness (QED) is 0.774. The molecule has 100 valence electrons. The largest absolute Gasteiger partial charge is 0.387 e. The van der Waals surface area contributed by atoms with E-state index in [1.165, 1.54) is 6.42 Å². The molecule has 3 heteroatoms. The third-order valence-electron chi connectivity index (χ3n) is 5.87. The maximum atomic E-state index is 11.3. The van der Waals surface area contributed by atoms with Crippen LogP contribution < -0.4 is 0 Å². The number of aliphatic hydroxyl groups is 1. The van der Waals surface area contributed by atoms with Gasteiger partial charge in [-0.2, -0.15) is 5.26 Å². The molecule has 0 spiro atoms. The van der Waals surface area contributed by atoms with Crippen LogP contribution in [0.25, 0.3) is 0 Å². The molecule has 3 fully saturated rings. The topological polar surface area (TPSA) is 47.3 Å². The molecule has 18 heavy (non-hydrogen) atoms. The maximum absolute atomic E-state index is 11.3. The van der Waals surface area contributed by atoms with E-state index in [2.05, 4.69) is 17.9 Å². The van der Waals surface area contributed by atoms with Gasteiger partial charge in [0.05, 0.1) is 17.1 Å². The fourth-order valence-electron chi connectivity index (χ4n) is 4.57. The normalized spacial score (nSPS) is 48.9. The van der Waals surface area contributed by atoms with E-state index in [1.807, 2.05) is 0 Å². The van der Waals surface area contributed by atoms with Crippen LogP contribution >= 0.6 is 0 Å². The minimum absolute atomic E-state index is 0.255. The van der Waals surface area contributed by atoms with Crippen molar-refractivity contribution in [3.8, 4) is 6.07 Å². The summed E-state index contributed by atoms with van der Waals surface area (Å²) >= 11 is 0. The zero-order chi connectivity index (χ0) is 12.8. The van der Waals surface area contributed by atoms with Crippen LogP contribution in [0.5, 0.6) is 0 Å². The molecule has 3 rings (SSSR count). The Morgan fingerprint density at radius 3 is 2.56 bits per heavy atom. The summed E-state index contributed by atoms with van der Waals surface area (Å²) in [4.78, 5) is 2.41. The highest BCUT2D eigenvalue weighted by Gasteiger charge is 2.60. The van der Waals surface area contributed by atoms with Crippen molar-refractivity contribution in [1.82, 2.24) is 4.90 Å². The summed E-state index contributed by atoms with van der Waals surface area (Å²) in [6.45, 7) is 4.37. The van der Waals surface area contributed by atoms with E-state index in [0.29, 0.717) is 0 Å². The predicted octanol–water partition coefficient (Wildman–Crippen LogP) is 2.31. The summed E-state index contributed by atoms with van der Waals surface area (Å²) in [5.41, 5.74) is -1.21. The second-order valence-corrected chi connectivity index (χ2v) is 6.74. The molecule has 0 aromatic carbocycles. The van der Waals surface area contributed by atoms with E-state index in [9.17, 15) is 10.4 Å². The zero-order valence-corrected chi connectivity index (χ0v) is 11.4. The van der Waals surface area contributed by atoms with E-state index >= 15 is 0 Å². The average molecular weight is 248 g/mol. The van der Waals surface area contributed by atoms with Gasteiger partial charge in [0.25, 0.3) is 0 Å². The Morgan fingerprint density at radius 2 is 1.89 bits per heavy atom. The summed E-state index contributed by atoms with van der Waals surface area (Å²) in [5.74, 6) is 0.719. The molecule has 2 atom stereocenters. The Balaban J connectivity index is 1.89.